The van der Waals surface area contributed by atoms with Crippen molar-refractivity contribution in [3.63, 3.8) is 0 Å². The summed E-state index contributed by atoms with van der Waals surface area (Å²) in [6.45, 7) is 2.45. The predicted molar refractivity (Wildman–Crippen MR) is 61.0 cm³/mol. The number of benzene rings is 1. The van der Waals surface area contributed by atoms with Crippen LogP contribution in [0.1, 0.15) is 11.3 Å². The lowest BCUT2D eigenvalue weighted by Crippen LogP contribution is -2.06. The summed E-state index contributed by atoms with van der Waals surface area (Å²) < 4.78 is 15.0. The molecule has 2 aromatic rings. The molecule has 0 saturated carbocycles. The van der Waals surface area contributed by atoms with Gasteiger partial charge in [0.05, 0.1) is 11.4 Å². The normalized spacial score (nSPS) is 10.7. The number of aryl methyl sites for hydroxylation is 1. The van der Waals surface area contributed by atoms with E-state index in [1.54, 1.807) is 17.7 Å². The molecule has 0 aliphatic carbocycles. The van der Waals surface area contributed by atoms with E-state index in [-0.39, 0.29) is 5.82 Å². The fourth-order valence-electron chi connectivity index (χ4n) is 1.51. The van der Waals surface area contributed by atoms with Gasteiger partial charge in [-0.25, -0.2) is 9.07 Å². The Morgan fingerprint density at radius 1 is 1.38 bits per heavy atom. The molecule has 1 N–H and O–H groups in total. The Kier molecular flexibility index (Phi) is 3.01. The van der Waals surface area contributed by atoms with Gasteiger partial charge in [-0.2, -0.15) is 5.10 Å². The molecule has 0 unspecified atom stereocenters. The Bertz CT molecular complexity index is 491. The molecule has 1 aromatic heterocycles. The van der Waals surface area contributed by atoms with Crippen molar-refractivity contribution in [1.82, 2.24) is 15.1 Å². The molecule has 4 heteroatoms. The molecule has 1 aromatic carbocycles. The quantitative estimate of drug-likeness (QED) is 0.856. The minimum atomic E-state index is -0.205. The molecule has 0 aliphatic rings. The van der Waals surface area contributed by atoms with Crippen molar-refractivity contribution in [2.75, 3.05) is 7.05 Å². The minimum Gasteiger partial charge on any atom is -0.314 e. The Balaban J connectivity index is 2.31. The van der Waals surface area contributed by atoms with Crippen LogP contribution in [0.2, 0.25) is 0 Å². The van der Waals surface area contributed by atoms with E-state index in [1.165, 1.54) is 6.07 Å². The van der Waals surface area contributed by atoms with Gasteiger partial charge in [0.15, 0.2) is 0 Å². The number of hydrogen-bond acceptors (Lipinski definition) is 2. The van der Waals surface area contributed by atoms with Gasteiger partial charge in [-0.3, -0.25) is 0 Å². The fraction of sp³-hybridized carbons (Fsp3) is 0.250. The minimum absolute atomic E-state index is 0.205. The van der Waals surface area contributed by atoms with E-state index >= 15 is 0 Å². The molecular weight excluding hydrogens is 205 g/mol. The lowest BCUT2D eigenvalue weighted by Gasteiger charge is -2.03. The summed E-state index contributed by atoms with van der Waals surface area (Å²) in [5, 5.41) is 7.35. The first-order chi connectivity index (χ1) is 7.70. The number of nitrogens with one attached hydrogen (secondary N) is 1. The number of aromatic nitrogens is 2. The maximum absolute atomic E-state index is 13.4. The van der Waals surface area contributed by atoms with E-state index in [1.807, 2.05) is 25.4 Å². The summed E-state index contributed by atoms with van der Waals surface area (Å²) in [6, 6.07) is 7.01. The van der Waals surface area contributed by atoms with Gasteiger partial charge in [-0.1, -0.05) is 6.07 Å². The van der Waals surface area contributed by atoms with Gasteiger partial charge in [0.1, 0.15) is 5.82 Å². The first kappa shape index (κ1) is 10.8. The summed E-state index contributed by atoms with van der Waals surface area (Å²) in [5.74, 6) is -0.205. The second-order valence-electron chi connectivity index (χ2n) is 3.72. The zero-order valence-electron chi connectivity index (χ0n) is 9.37. The fourth-order valence-corrected chi connectivity index (χ4v) is 1.51. The molecule has 0 aliphatic heterocycles. The van der Waals surface area contributed by atoms with Gasteiger partial charge < -0.3 is 5.32 Å². The monoisotopic (exact) mass is 219 g/mol. The Labute approximate surface area is 93.9 Å². The van der Waals surface area contributed by atoms with Gasteiger partial charge in [-0.15, -0.1) is 0 Å². The van der Waals surface area contributed by atoms with Gasteiger partial charge >= 0.3 is 0 Å². The van der Waals surface area contributed by atoms with Crippen molar-refractivity contribution >= 4 is 0 Å². The molecule has 3 nitrogen and oxygen atoms in total. The predicted octanol–water partition coefficient (Wildman–Crippen LogP) is 2.04. The molecular formula is C12H14FN3. The van der Waals surface area contributed by atoms with E-state index in [2.05, 4.69) is 10.4 Å². The third-order valence-electron chi connectivity index (χ3n) is 2.42. The maximum atomic E-state index is 13.4. The molecule has 2 rings (SSSR count). The van der Waals surface area contributed by atoms with Crippen LogP contribution in [0.25, 0.3) is 5.69 Å². The van der Waals surface area contributed by atoms with Crippen LogP contribution in [-0.4, -0.2) is 16.8 Å². The summed E-state index contributed by atoms with van der Waals surface area (Å²) in [4.78, 5) is 0. The summed E-state index contributed by atoms with van der Waals surface area (Å²) in [5.41, 5.74) is 2.32. The van der Waals surface area contributed by atoms with Gasteiger partial charge in [-0.05, 0) is 37.7 Å². The lowest BCUT2D eigenvalue weighted by atomic mass is 10.2. The number of nitrogens with zero attached hydrogens (tertiary/aromatic N) is 2. The summed E-state index contributed by atoms with van der Waals surface area (Å²) in [7, 11) is 1.87. The van der Waals surface area contributed by atoms with Crippen molar-refractivity contribution in [3.8, 4) is 5.69 Å². The van der Waals surface area contributed by atoms with Crippen LogP contribution in [0, 0.1) is 12.7 Å². The van der Waals surface area contributed by atoms with Crippen LogP contribution in [0.15, 0.2) is 30.5 Å². The van der Waals surface area contributed by atoms with E-state index in [0.29, 0.717) is 12.1 Å². The Hall–Kier alpha value is -1.68. The molecule has 0 fully saturated rings. The average molecular weight is 219 g/mol. The first-order valence-electron chi connectivity index (χ1n) is 5.16. The summed E-state index contributed by atoms with van der Waals surface area (Å²) >= 11 is 0. The molecule has 16 heavy (non-hydrogen) atoms. The van der Waals surface area contributed by atoms with Crippen LogP contribution in [0.5, 0.6) is 0 Å². The van der Waals surface area contributed by atoms with Crippen LogP contribution in [0.3, 0.4) is 0 Å². The topological polar surface area (TPSA) is 29.9 Å². The molecule has 0 radical (unpaired) electrons. The molecule has 0 atom stereocenters. The number of hydrogen-bond donors (Lipinski definition) is 1. The number of rotatable bonds is 3. The van der Waals surface area contributed by atoms with Crippen molar-refractivity contribution in [2.45, 2.75) is 13.5 Å². The van der Waals surface area contributed by atoms with Crippen LogP contribution in [0.4, 0.5) is 4.39 Å². The lowest BCUT2D eigenvalue weighted by molar-refractivity contribution is 0.616. The van der Waals surface area contributed by atoms with Crippen molar-refractivity contribution in [2.24, 2.45) is 0 Å². The smallest absolute Gasteiger partial charge is 0.128 e. The molecule has 0 spiro atoms. The highest BCUT2D eigenvalue weighted by atomic mass is 19.1. The van der Waals surface area contributed by atoms with E-state index < -0.39 is 0 Å². The Morgan fingerprint density at radius 2 is 2.19 bits per heavy atom. The van der Waals surface area contributed by atoms with Crippen molar-refractivity contribution < 1.29 is 4.39 Å². The van der Waals surface area contributed by atoms with Crippen molar-refractivity contribution in [3.05, 3.63) is 47.5 Å². The molecule has 0 bridgehead atoms. The third kappa shape index (κ3) is 2.12. The average Bonchev–Trinajstić information content (AvgIpc) is 2.71. The molecule has 1 heterocycles. The highest BCUT2D eigenvalue weighted by Gasteiger charge is 2.03. The first-order valence-corrected chi connectivity index (χ1v) is 5.16. The van der Waals surface area contributed by atoms with Crippen LogP contribution >= 0.6 is 0 Å². The van der Waals surface area contributed by atoms with E-state index in [0.717, 1.165) is 11.4 Å². The zero-order chi connectivity index (χ0) is 11.5. The van der Waals surface area contributed by atoms with E-state index in [9.17, 15) is 4.39 Å². The van der Waals surface area contributed by atoms with Gasteiger partial charge in [0.2, 0.25) is 0 Å². The second-order valence-corrected chi connectivity index (χ2v) is 3.72. The highest BCUT2D eigenvalue weighted by Crippen LogP contribution is 2.13. The molecule has 0 saturated heterocycles. The second kappa shape index (κ2) is 4.45. The standard InChI is InChI=1S/C12H14FN3/c1-9-3-4-11(7-12(9)13)16-6-5-10(15-16)8-14-2/h3-7,14H,8H2,1-2H3. The summed E-state index contributed by atoms with van der Waals surface area (Å²) in [6.07, 6.45) is 1.83. The van der Waals surface area contributed by atoms with Crippen LogP contribution in [-0.2, 0) is 6.54 Å². The SMILES string of the molecule is CNCc1ccn(-c2ccc(C)c(F)c2)n1. The van der Waals surface area contributed by atoms with Gasteiger partial charge in [0.25, 0.3) is 0 Å². The van der Waals surface area contributed by atoms with Crippen molar-refractivity contribution in [1.29, 1.82) is 0 Å². The zero-order valence-corrected chi connectivity index (χ0v) is 9.37. The molecule has 84 valence electrons. The molecule has 0 amide bonds. The van der Waals surface area contributed by atoms with Gasteiger partial charge in [0, 0.05) is 12.7 Å². The maximum Gasteiger partial charge on any atom is 0.128 e. The third-order valence-corrected chi connectivity index (χ3v) is 2.42. The number of halogens is 1. The largest absolute Gasteiger partial charge is 0.314 e. The van der Waals surface area contributed by atoms with E-state index in [4.69, 9.17) is 0 Å². The highest BCUT2D eigenvalue weighted by molar-refractivity contribution is 5.34. The van der Waals surface area contributed by atoms with Crippen LogP contribution < -0.4 is 5.32 Å². The Morgan fingerprint density at radius 3 is 2.88 bits per heavy atom.